The molecule has 1 aliphatic rings. The predicted molar refractivity (Wildman–Crippen MR) is 83.6 cm³/mol. The summed E-state index contributed by atoms with van der Waals surface area (Å²) in [5.74, 6) is 0.686. The maximum Gasteiger partial charge on any atom is 0.287 e. The highest BCUT2D eigenvalue weighted by atomic mass is 32.2. The van der Waals surface area contributed by atoms with Crippen LogP contribution in [0.4, 0.5) is 4.79 Å². The highest BCUT2D eigenvalue weighted by molar-refractivity contribution is 8.26. The molecule has 2 unspecified atom stereocenters. The second-order valence-corrected chi connectivity index (χ2v) is 5.85. The van der Waals surface area contributed by atoms with Gasteiger partial charge in [0.2, 0.25) is 5.12 Å². The van der Waals surface area contributed by atoms with E-state index in [1.165, 1.54) is 0 Å². The number of aromatic nitrogens is 1. The number of carbonyl (C=O) groups is 2. The molecule has 0 saturated carbocycles. The molecule has 22 heavy (non-hydrogen) atoms. The number of benzene rings is 1. The molecule has 2 atom stereocenters. The Morgan fingerprint density at radius 3 is 2.55 bits per heavy atom. The summed E-state index contributed by atoms with van der Waals surface area (Å²) in [6.07, 6.45) is 1.56. The third kappa shape index (κ3) is 3.12. The molecule has 2 aromatic rings. The van der Waals surface area contributed by atoms with Crippen LogP contribution in [0.25, 0.3) is 0 Å². The molecule has 6 heteroatoms. The Kier molecular flexibility index (Phi) is 4.11. The lowest BCUT2D eigenvalue weighted by atomic mass is 10.1. The monoisotopic (exact) mass is 314 g/mol. The van der Waals surface area contributed by atoms with Gasteiger partial charge in [0.15, 0.2) is 0 Å². The zero-order valence-electron chi connectivity index (χ0n) is 11.9. The summed E-state index contributed by atoms with van der Waals surface area (Å²) in [6, 6.07) is 12.3. The summed E-state index contributed by atoms with van der Waals surface area (Å²) >= 11 is 0.707. The Hall–Kier alpha value is -2.34. The molecule has 112 valence electrons. The van der Waals surface area contributed by atoms with E-state index in [4.69, 9.17) is 4.74 Å². The van der Waals surface area contributed by atoms with Gasteiger partial charge in [-0.3, -0.25) is 14.6 Å². The Labute approximate surface area is 132 Å². The van der Waals surface area contributed by atoms with E-state index in [0.717, 1.165) is 11.3 Å². The lowest BCUT2D eigenvalue weighted by molar-refractivity contribution is -0.112. The zero-order valence-corrected chi connectivity index (χ0v) is 12.7. The molecule has 0 spiro atoms. The van der Waals surface area contributed by atoms with Crippen LogP contribution in [0.5, 0.6) is 5.75 Å². The van der Waals surface area contributed by atoms with Crippen LogP contribution in [0.2, 0.25) is 0 Å². The molecule has 0 aliphatic carbocycles. The number of ether oxygens (including phenoxy) is 1. The standard InChI is InChI=1S/C16H14N2O3S/c1-10(13-4-2-3-9-17-13)21-12-7-5-11(6-8-12)14-15(19)22-16(20)18-14/h2-10,14H,1H3,(H,18,20). The van der Waals surface area contributed by atoms with Crippen molar-refractivity contribution in [2.45, 2.75) is 19.1 Å². The van der Waals surface area contributed by atoms with Gasteiger partial charge in [-0.15, -0.1) is 0 Å². The fraction of sp³-hybridized carbons (Fsp3) is 0.188. The molecule has 3 rings (SSSR count). The van der Waals surface area contributed by atoms with Crippen LogP contribution in [0.1, 0.15) is 30.3 Å². The van der Waals surface area contributed by atoms with Gasteiger partial charge in [-0.05, 0) is 36.8 Å². The molecule has 0 radical (unpaired) electrons. The normalized spacial score (nSPS) is 18.9. The number of nitrogens with zero attached hydrogens (tertiary/aromatic N) is 1. The lowest BCUT2D eigenvalue weighted by Gasteiger charge is -2.15. The zero-order chi connectivity index (χ0) is 15.5. The minimum absolute atomic E-state index is 0.171. The average molecular weight is 314 g/mol. The first-order chi connectivity index (χ1) is 10.6. The number of carbonyl (C=O) groups excluding carboxylic acids is 2. The van der Waals surface area contributed by atoms with E-state index in [1.807, 2.05) is 25.1 Å². The van der Waals surface area contributed by atoms with E-state index in [0.29, 0.717) is 17.5 Å². The molecule has 1 aromatic heterocycles. The smallest absolute Gasteiger partial charge is 0.287 e. The molecular formula is C16H14N2O3S. The molecule has 5 nitrogen and oxygen atoms in total. The number of nitrogens with one attached hydrogen (secondary N) is 1. The number of amides is 1. The van der Waals surface area contributed by atoms with Crippen molar-refractivity contribution in [3.05, 3.63) is 59.9 Å². The van der Waals surface area contributed by atoms with E-state index >= 15 is 0 Å². The van der Waals surface area contributed by atoms with Crippen LogP contribution in [-0.2, 0) is 4.79 Å². The quantitative estimate of drug-likeness (QED) is 0.938. The van der Waals surface area contributed by atoms with Crippen LogP contribution in [0, 0.1) is 0 Å². The summed E-state index contributed by atoms with van der Waals surface area (Å²) in [5.41, 5.74) is 1.60. The third-order valence-electron chi connectivity index (χ3n) is 3.32. The average Bonchev–Trinajstić information content (AvgIpc) is 2.87. The van der Waals surface area contributed by atoms with Crippen LogP contribution in [0.15, 0.2) is 48.7 Å². The highest BCUT2D eigenvalue weighted by Crippen LogP contribution is 2.29. The first-order valence-corrected chi connectivity index (χ1v) is 7.65. The van der Waals surface area contributed by atoms with Gasteiger partial charge in [0, 0.05) is 18.0 Å². The Morgan fingerprint density at radius 2 is 1.95 bits per heavy atom. The summed E-state index contributed by atoms with van der Waals surface area (Å²) < 4.78 is 5.83. The van der Waals surface area contributed by atoms with Crippen molar-refractivity contribution in [2.75, 3.05) is 0 Å². The van der Waals surface area contributed by atoms with Crippen molar-refractivity contribution < 1.29 is 14.3 Å². The van der Waals surface area contributed by atoms with Gasteiger partial charge < -0.3 is 10.1 Å². The molecule has 1 N–H and O–H groups in total. The Morgan fingerprint density at radius 1 is 1.18 bits per heavy atom. The van der Waals surface area contributed by atoms with Gasteiger partial charge in [-0.25, -0.2) is 0 Å². The predicted octanol–water partition coefficient (Wildman–Crippen LogP) is 3.25. The van der Waals surface area contributed by atoms with Gasteiger partial charge >= 0.3 is 0 Å². The van der Waals surface area contributed by atoms with Gasteiger partial charge in [0.25, 0.3) is 5.24 Å². The highest BCUT2D eigenvalue weighted by Gasteiger charge is 2.32. The van der Waals surface area contributed by atoms with E-state index in [-0.39, 0.29) is 16.5 Å². The SMILES string of the molecule is CC(Oc1ccc(C2NC(=O)SC2=O)cc1)c1ccccn1. The van der Waals surface area contributed by atoms with Crippen molar-refractivity contribution >= 4 is 22.1 Å². The first kappa shape index (κ1) is 14.6. The molecule has 1 saturated heterocycles. The molecule has 1 fully saturated rings. The lowest BCUT2D eigenvalue weighted by Crippen LogP contribution is -2.19. The molecule has 1 aliphatic heterocycles. The summed E-state index contributed by atoms with van der Waals surface area (Å²) in [5, 5.41) is 2.14. The van der Waals surface area contributed by atoms with Crippen molar-refractivity contribution in [3.63, 3.8) is 0 Å². The van der Waals surface area contributed by atoms with Crippen molar-refractivity contribution in [2.24, 2.45) is 0 Å². The van der Waals surface area contributed by atoms with Crippen molar-refractivity contribution in [3.8, 4) is 5.75 Å². The summed E-state index contributed by atoms with van der Waals surface area (Å²) in [7, 11) is 0. The van der Waals surface area contributed by atoms with Crippen LogP contribution < -0.4 is 10.1 Å². The minimum atomic E-state index is -0.570. The second kappa shape index (κ2) is 6.19. The van der Waals surface area contributed by atoms with Crippen molar-refractivity contribution in [1.29, 1.82) is 0 Å². The third-order valence-corrected chi connectivity index (χ3v) is 4.06. The molecular weight excluding hydrogens is 300 g/mol. The van der Waals surface area contributed by atoms with Crippen LogP contribution in [-0.4, -0.2) is 15.3 Å². The topological polar surface area (TPSA) is 68.3 Å². The maximum absolute atomic E-state index is 11.7. The van der Waals surface area contributed by atoms with Gasteiger partial charge in [-0.1, -0.05) is 18.2 Å². The Bertz CT molecular complexity index is 688. The molecule has 2 heterocycles. The van der Waals surface area contributed by atoms with E-state index in [9.17, 15) is 9.59 Å². The first-order valence-electron chi connectivity index (χ1n) is 6.83. The number of thioether (sulfide) groups is 1. The number of rotatable bonds is 4. The minimum Gasteiger partial charge on any atom is -0.484 e. The molecule has 1 amide bonds. The van der Waals surface area contributed by atoms with E-state index < -0.39 is 6.04 Å². The second-order valence-electron chi connectivity index (χ2n) is 4.87. The largest absolute Gasteiger partial charge is 0.484 e. The summed E-state index contributed by atoms with van der Waals surface area (Å²) in [4.78, 5) is 27.1. The number of hydrogen-bond acceptors (Lipinski definition) is 5. The Balaban J connectivity index is 1.69. The van der Waals surface area contributed by atoms with Gasteiger partial charge in [-0.2, -0.15) is 0 Å². The fourth-order valence-electron chi connectivity index (χ4n) is 2.20. The molecule has 1 aromatic carbocycles. The number of pyridine rings is 1. The molecule has 0 bridgehead atoms. The maximum atomic E-state index is 11.7. The van der Waals surface area contributed by atoms with Crippen LogP contribution in [0.3, 0.4) is 0 Å². The van der Waals surface area contributed by atoms with Crippen molar-refractivity contribution in [1.82, 2.24) is 10.3 Å². The summed E-state index contributed by atoms with van der Waals surface area (Å²) in [6.45, 7) is 1.92. The fourth-order valence-corrected chi connectivity index (χ4v) is 2.87. The van der Waals surface area contributed by atoms with Crippen LogP contribution >= 0.6 is 11.8 Å². The van der Waals surface area contributed by atoms with Gasteiger partial charge in [0.1, 0.15) is 17.9 Å². The van der Waals surface area contributed by atoms with Gasteiger partial charge in [0.05, 0.1) is 5.69 Å². The van der Waals surface area contributed by atoms with E-state index in [1.54, 1.807) is 30.5 Å². The number of hydrogen-bond donors (Lipinski definition) is 1. The van der Waals surface area contributed by atoms with E-state index in [2.05, 4.69) is 10.3 Å².